The van der Waals surface area contributed by atoms with E-state index in [1.54, 1.807) is 6.92 Å². The molecule has 0 spiro atoms. The van der Waals surface area contributed by atoms with E-state index >= 15 is 0 Å². The van der Waals surface area contributed by atoms with Crippen molar-refractivity contribution in [2.75, 3.05) is 13.1 Å². The summed E-state index contributed by atoms with van der Waals surface area (Å²) in [7, 11) is 0. The van der Waals surface area contributed by atoms with Crippen molar-refractivity contribution in [3.05, 3.63) is 27.7 Å². The van der Waals surface area contributed by atoms with Gasteiger partial charge in [0, 0.05) is 17.1 Å². The Kier molecular flexibility index (Phi) is 8.25. The molecule has 0 radical (unpaired) electrons. The summed E-state index contributed by atoms with van der Waals surface area (Å²) in [5, 5.41) is 5.29. The van der Waals surface area contributed by atoms with Crippen LogP contribution in [0.25, 0.3) is 0 Å². The van der Waals surface area contributed by atoms with E-state index in [9.17, 15) is 17.6 Å². The number of hydrogen-bond acceptors (Lipinski definition) is 2. The van der Waals surface area contributed by atoms with E-state index in [0.717, 1.165) is 0 Å². The van der Waals surface area contributed by atoms with Crippen molar-refractivity contribution in [1.82, 2.24) is 10.6 Å². The third-order valence-electron chi connectivity index (χ3n) is 2.47. The predicted molar refractivity (Wildman–Crippen MR) is 81.9 cm³/mol. The maximum atomic E-state index is 12.5. The number of nitrogens with zero attached hydrogens (tertiary/aromatic N) is 1. The first-order chi connectivity index (χ1) is 10.8. The average Bonchev–Trinajstić information content (AvgIpc) is 2.44. The molecule has 1 aromatic rings. The van der Waals surface area contributed by atoms with Gasteiger partial charge in [0.1, 0.15) is 5.75 Å². The van der Waals surface area contributed by atoms with Gasteiger partial charge in [-0.1, -0.05) is 23.2 Å². The fourth-order valence-corrected chi connectivity index (χ4v) is 2.21. The second-order valence-electron chi connectivity index (χ2n) is 4.22. The molecule has 1 rings (SSSR count). The molecule has 0 aliphatic rings. The molecule has 0 fully saturated rings. The van der Waals surface area contributed by atoms with Crippen LogP contribution in [0.3, 0.4) is 0 Å². The molecule has 0 aliphatic heterocycles. The van der Waals surface area contributed by atoms with E-state index < -0.39 is 19.6 Å². The Morgan fingerprint density at radius 1 is 1.22 bits per heavy atom. The summed E-state index contributed by atoms with van der Waals surface area (Å²) in [5.74, 6) is -0.147. The monoisotopic (exact) mass is 375 g/mol. The SMILES string of the molecule is CCNC(=NCc1cc(Cl)cc(Cl)c1OC(F)F)NCC(F)F. The summed E-state index contributed by atoms with van der Waals surface area (Å²) in [6.45, 7) is -1.61. The minimum Gasteiger partial charge on any atom is -0.433 e. The smallest absolute Gasteiger partial charge is 0.387 e. The second kappa shape index (κ2) is 9.67. The topological polar surface area (TPSA) is 45.7 Å². The van der Waals surface area contributed by atoms with E-state index in [4.69, 9.17) is 23.2 Å². The van der Waals surface area contributed by atoms with Crippen LogP contribution in [-0.4, -0.2) is 32.1 Å². The summed E-state index contributed by atoms with van der Waals surface area (Å²) in [4.78, 5) is 4.02. The molecule has 0 saturated heterocycles. The quantitative estimate of drug-likeness (QED) is 0.431. The van der Waals surface area contributed by atoms with Crippen molar-refractivity contribution in [3.63, 3.8) is 0 Å². The van der Waals surface area contributed by atoms with Crippen LogP contribution >= 0.6 is 23.2 Å². The number of benzene rings is 1. The van der Waals surface area contributed by atoms with Crippen LogP contribution in [0.5, 0.6) is 5.75 Å². The first-order valence-electron chi connectivity index (χ1n) is 6.56. The van der Waals surface area contributed by atoms with Gasteiger partial charge in [-0.05, 0) is 19.1 Å². The average molecular weight is 376 g/mol. The minimum absolute atomic E-state index is 0.0893. The second-order valence-corrected chi connectivity index (χ2v) is 5.07. The molecule has 0 amide bonds. The van der Waals surface area contributed by atoms with Crippen molar-refractivity contribution in [2.45, 2.75) is 26.5 Å². The molecule has 10 heteroatoms. The van der Waals surface area contributed by atoms with Crippen LogP contribution in [0.2, 0.25) is 10.0 Å². The van der Waals surface area contributed by atoms with Crippen molar-refractivity contribution < 1.29 is 22.3 Å². The van der Waals surface area contributed by atoms with Gasteiger partial charge in [0.15, 0.2) is 5.96 Å². The third kappa shape index (κ3) is 7.13. The van der Waals surface area contributed by atoms with Crippen LogP contribution in [0.4, 0.5) is 17.6 Å². The molecule has 1 aromatic carbocycles. The van der Waals surface area contributed by atoms with Gasteiger partial charge in [-0.15, -0.1) is 0 Å². The minimum atomic E-state index is -3.07. The lowest BCUT2D eigenvalue weighted by molar-refractivity contribution is -0.0503. The number of aliphatic imine (C=N–C) groups is 1. The van der Waals surface area contributed by atoms with Crippen molar-refractivity contribution in [2.24, 2.45) is 4.99 Å². The zero-order valence-electron chi connectivity index (χ0n) is 12.1. The first-order valence-corrected chi connectivity index (χ1v) is 7.32. The highest BCUT2D eigenvalue weighted by Crippen LogP contribution is 2.34. The Morgan fingerprint density at radius 3 is 2.48 bits per heavy atom. The van der Waals surface area contributed by atoms with Gasteiger partial charge >= 0.3 is 6.61 Å². The summed E-state index contributed by atoms with van der Waals surface area (Å²) < 4.78 is 53.7. The van der Waals surface area contributed by atoms with Crippen LogP contribution < -0.4 is 15.4 Å². The number of hydrogen-bond donors (Lipinski definition) is 2. The van der Waals surface area contributed by atoms with Crippen molar-refractivity contribution >= 4 is 29.2 Å². The van der Waals surface area contributed by atoms with Gasteiger partial charge in [0.05, 0.1) is 18.1 Å². The largest absolute Gasteiger partial charge is 0.433 e. The Bertz CT molecular complexity index is 544. The normalized spacial score (nSPS) is 12.0. The van der Waals surface area contributed by atoms with Crippen molar-refractivity contribution in [3.8, 4) is 5.75 Å². The Balaban J connectivity index is 2.97. The highest BCUT2D eigenvalue weighted by molar-refractivity contribution is 6.35. The van der Waals surface area contributed by atoms with Gasteiger partial charge in [-0.25, -0.2) is 13.8 Å². The summed E-state index contributed by atoms with van der Waals surface area (Å²) >= 11 is 11.7. The van der Waals surface area contributed by atoms with Crippen molar-refractivity contribution in [1.29, 1.82) is 0 Å². The van der Waals surface area contributed by atoms with Crippen LogP contribution in [0.1, 0.15) is 12.5 Å². The summed E-state index contributed by atoms with van der Waals surface area (Å²) in [6, 6.07) is 2.62. The lowest BCUT2D eigenvalue weighted by atomic mass is 10.2. The fourth-order valence-electron chi connectivity index (χ4n) is 1.63. The maximum Gasteiger partial charge on any atom is 0.387 e. The van der Waals surface area contributed by atoms with E-state index in [0.29, 0.717) is 6.54 Å². The molecule has 0 heterocycles. The molecule has 0 aromatic heterocycles. The predicted octanol–water partition coefficient (Wildman–Crippen LogP) is 3.92. The number of rotatable bonds is 7. The van der Waals surface area contributed by atoms with Gasteiger partial charge in [0.2, 0.25) is 0 Å². The van der Waals surface area contributed by atoms with Gasteiger partial charge < -0.3 is 15.4 Å². The molecular weight excluding hydrogens is 361 g/mol. The number of halogens is 6. The lowest BCUT2D eigenvalue weighted by Gasteiger charge is -2.14. The zero-order chi connectivity index (χ0) is 17.4. The van der Waals surface area contributed by atoms with Crippen LogP contribution in [0, 0.1) is 0 Å². The molecule has 0 bridgehead atoms. The lowest BCUT2D eigenvalue weighted by Crippen LogP contribution is -2.39. The van der Waals surface area contributed by atoms with Gasteiger partial charge in [0.25, 0.3) is 6.43 Å². The highest BCUT2D eigenvalue weighted by Gasteiger charge is 2.15. The van der Waals surface area contributed by atoms with E-state index in [-0.39, 0.29) is 33.9 Å². The molecule has 23 heavy (non-hydrogen) atoms. The van der Waals surface area contributed by atoms with E-state index in [1.165, 1.54) is 12.1 Å². The molecule has 0 saturated carbocycles. The Morgan fingerprint density at radius 2 is 1.91 bits per heavy atom. The molecule has 4 nitrogen and oxygen atoms in total. The number of guanidine groups is 1. The number of ether oxygens (including phenoxy) is 1. The summed E-state index contributed by atoms with van der Waals surface area (Å²) in [6.07, 6.45) is -2.56. The van der Waals surface area contributed by atoms with Gasteiger partial charge in [-0.2, -0.15) is 8.78 Å². The molecule has 130 valence electrons. The summed E-state index contributed by atoms with van der Waals surface area (Å²) in [5.41, 5.74) is 0.206. The van der Waals surface area contributed by atoms with Crippen LogP contribution in [-0.2, 0) is 6.54 Å². The highest BCUT2D eigenvalue weighted by atomic mass is 35.5. The van der Waals surface area contributed by atoms with E-state index in [2.05, 4.69) is 20.4 Å². The zero-order valence-corrected chi connectivity index (χ0v) is 13.6. The Hall–Kier alpha value is -1.41. The fraction of sp³-hybridized carbons (Fsp3) is 0.462. The Labute approximate surface area is 140 Å². The van der Waals surface area contributed by atoms with Crippen LogP contribution in [0.15, 0.2) is 17.1 Å². The molecular formula is C13H15Cl2F4N3O. The molecule has 2 N–H and O–H groups in total. The number of alkyl halides is 4. The molecule has 0 atom stereocenters. The van der Waals surface area contributed by atoms with Gasteiger partial charge in [-0.3, -0.25) is 0 Å². The maximum absolute atomic E-state index is 12.5. The van der Waals surface area contributed by atoms with E-state index in [1.807, 2.05) is 0 Å². The first kappa shape index (κ1) is 19.6. The molecule has 0 unspecified atom stereocenters. The molecule has 0 aliphatic carbocycles. The number of nitrogens with one attached hydrogen (secondary N) is 2. The standard InChI is InChI=1S/C13H15Cl2F4N3O/c1-2-20-13(22-6-10(16)17)21-5-7-3-8(14)4-9(15)11(7)23-12(18)19/h3-4,10,12H,2,5-6H2,1H3,(H2,20,21,22). The third-order valence-corrected chi connectivity index (χ3v) is 2.97.